The number of fused-ring (bicyclic) bond motifs is 3. The molecule has 130 valence electrons. The molecule has 2 heterocycles. The number of nitrogens with zero attached hydrogens (tertiary/aromatic N) is 2. The SMILES string of the molecule is COc1ccc(-c2cc3c4ccccc4cc(-c4ccccc4)n3n2)cc1. The van der Waals surface area contributed by atoms with Gasteiger partial charge in [0, 0.05) is 16.5 Å². The summed E-state index contributed by atoms with van der Waals surface area (Å²) in [6, 6.07) is 31.3. The second-order valence-electron chi connectivity index (χ2n) is 6.54. The molecule has 0 saturated heterocycles. The zero-order valence-electron chi connectivity index (χ0n) is 15.0. The van der Waals surface area contributed by atoms with E-state index in [0.717, 1.165) is 33.8 Å². The van der Waals surface area contributed by atoms with Gasteiger partial charge in [0.05, 0.1) is 24.0 Å². The summed E-state index contributed by atoms with van der Waals surface area (Å²) in [6.45, 7) is 0. The topological polar surface area (TPSA) is 26.5 Å². The minimum absolute atomic E-state index is 0.845. The van der Waals surface area contributed by atoms with Crippen LogP contribution in [0.5, 0.6) is 5.75 Å². The molecule has 3 heteroatoms. The summed E-state index contributed by atoms with van der Waals surface area (Å²) in [5.41, 5.74) is 5.37. The molecule has 3 aromatic carbocycles. The van der Waals surface area contributed by atoms with E-state index in [1.807, 2.05) is 30.3 Å². The van der Waals surface area contributed by atoms with Gasteiger partial charge in [-0.15, -0.1) is 0 Å². The lowest BCUT2D eigenvalue weighted by molar-refractivity contribution is 0.415. The van der Waals surface area contributed by atoms with Gasteiger partial charge in [-0.1, -0.05) is 54.6 Å². The predicted molar refractivity (Wildman–Crippen MR) is 110 cm³/mol. The quantitative estimate of drug-likeness (QED) is 0.409. The summed E-state index contributed by atoms with van der Waals surface area (Å²) in [5.74, 6) is 0.845. The number of hydrogen-bond donors (Lipinski definition) is 0. The lowest BCUT2D eigenvalue weighted by atomic mass is 10.1. The average Bonchev–Trinajstić information content (AvgIpc) is 3.19. The first-order chi connectivity index (χ1) is 13.3. The molecule has 0 unspecified atom stereocenters. The molecular formula is C24H18N2O. The van der Waals surface area contributed by atoms with Crippen LogP contribution >= 0.6 is 0 Å². The maximum absolute atomic E-state index is 5.27. The van der Waals surface area contributed by atoms with E-state index in [0.29, 0.717) is 0 Å². The summed E-state index contributed by atoms with van der Waals surface area (Å²) >= 11 is 0. The Bertz CT molecular complexity index is 1240. The van der Waals surface area contributed by atoms with Crippen LogP contribution in [0.4, 0.5) is 0 Å². The zero-order valence-corrected chi connectivity index (χ0v) is 15.0. The highest BCUT2D eigenvalue weighted by atomic mass is 16.5. The standard InChI is InChI=1S/C24H18N2O/c1-27-20-13-11-17(12-14-20)22-16-24-21-10-6-5-9-19(21)15-23(26(24)25-22)18-7-3-2-4-8-18/h2-16H,1H3. The molecule has 0 fully saturated rings. The van der Waals surface area contributed by atoms with Crippen molar-refractivity contribution < 1.29 is 4.74 Å². The minimum atomic E-state index is 0.845. The third kappa shape index (κ3) is 2.64. The highest BCUT2D eigenvalue weighted by Gasteiger charge is 2.12. The summed E-state index contributed by atoms with van der Waals surface area (Å²) in [6.07, 6.45) is 0. The Morgan fingerprint density at radius 3 is 2.26 bits per heavy atom. The van der Waals surface area contributed by atoms with Gasteiger partial charge in [-0.2, -0.15) is 5.10 Å². The molecule has 0 amide bonds. The number of benzene rings is 3. The molecule has 0 spiro atoms. The Labute approximate surface area is 157 Å². The molecule has 0 radical (unpaired) electrons. The first kappa shape index (κ1) is 15.6. The van der Waals surface area contributed by atoms with Crippen LogP contribution in [0.1, 0.15) is 0 Å². The third-order valence-corrected chi connectivity index (χ3v) is 4.92. The molecule has 0 saturated carbocycles. The number of hydrogen-bond acceptors (Lipinski definition) is 2. The fourth-order valence-electron chi connectivity index (χ4n) is 3.54. The Hall–Kier alpha value is -3.59. The molecule has 2 aromatic heterocycles. The van der Waals surface area contributed by atoms with Gasteiger partial charge in [0.2, 0.25) is 0 Å². The number of methoxy groups -OCH3 is 1. The molecule has 0 aliphatic carbocycles. The van der Waals surface area contributed by atoms with Gasteiger partial charge >= 0.3 is 0 Å². The van der Waals surface area contributed by atoms with Crippen LogP contribution in [0.15, 0.2) is 91.0 Å². The summed E-state index contributed by atoms with van der Waals surface area (Å²) in [4.78, 5) is 0. The Balaban J connectivity index is 1.80. The van der Waals surface area contributed by atoms with Crippen molar-refractivity contribution >= 4 is 16.3 Å². The van der Waals surface area contributed by atoms with Crippen LogP contribution in [0, 0.1) is 0 Å². The minimum Gasteiger partial charge on any atom is -0.497 e. The lowest BCUT2D eigenvalue weighted by Crippen LogP contribution is -1.95. The maximum atomic E-state index is 5.27. The Morgan fingerprint density at radius 2 is 1.48 bits per heavy atom. The number of ether oxygens (including phenoxy) is 1. The highest BCUT2D eigenvalue weighted by molar-refractivity contribution is 5.99. The van der Waals surface area contributed by atoms with E-state index in [1.54, 1.807) is 7.11 Å². The third-order valence-electron chi connectivity index (χ3n) is 4.92. The molecule has 3 nitrogen and oxygen atoms in total. The highest BCUT2D eigenvalue weighted by Crippen LogP contribution is 2.31. The van der Waals surface area contributed by atoms with Gasteiger partial charge in [0.25, 0.3) is 0 Å². The number of pyridine rings is 1. The fourth-order valence-corrected chi connectivity index (χ4v) is 3.54. The van der Waals surface area contributed by atoms with Crippen LogP contribution in [0.25, 0.3) is 38.8 Å². The van der Waals surface area contributed by atoms with Crippen LogP contribution in [-0.2, 0) is 0 Å². The van der Waals surface area contributed by atoms with Gasteiger partial charge in [-0.25, -0.2) is 4.52 Å². The second-order valence-corrected chi connectivity index (χ2v) is 6.54. The predicted octanol–water partition coefficient (Wildman–Crippen LogP) is 5.83. The lowest BCUT2D eigenvalue weighted by Gasteiger charge is -2.08. The normalized spacial score (nSPS) is 11.1. The van der Waals surface area contributed by atoms with E-state index in [2.05, 4.69) is 65.2 Å². The van der Waals surface area contributed by atoms with Crippen LogP contribution in [0.3, 0.4) is 0 Å². The largest absolute Gasteiger partial charge is 0.497 e. The maximum Gasteiger partial charge on any atom is 0.118 e. The van der Waals surface area contributed by atoms with Gasteiger partial charge in [0.15, 0.2) is 0 Å². The Kier molecular flexibility index (Phi) is 3.65. The van der Waals surface area contributed by atoms with Crippen molar-refractivity contribution in [3.05, 3.63) is 91.0 Å². The van der Waals surface area contributed by atoms with Crippen molar-refractivity contribution in [2.75, 3.05) is 7.11 Å². The first-order valence-corrected chi connectivity index (χ1v) is 8.95. The van der Waals surface area contributed by atoms with E-state index in [9.17, 15) is 0 Å². The van der Waals surface area contributed by atoms with Crippen LogP contribution in [-0.4, -0.2) is 16.7 Å². The van der Waals surface area contributed by atoms with Crippen molar-refractivity contribution in [1.82, 2.24) is 9.61 Å². The van der Waals surface area contributed by atoms with E-state index >= 15 is 0 Å². The number of aromatic nitrogens is 2. The average molecular weight is 350 g/mol. The van der Waals surface area contributed by atoms with Gasteiger partial charge in [-0.05, 0) is 41.8 Å². The van der Waals surface area contributed by atoms with Gasteiger partial charge in [-0.3, -0.25) is 0 Å². The van der Waals surface area contributed by atoms with E-state index in [4.69, 9.17) is 9.84 Å². The summed E-state index contributed by atoms with van der Waals surface area (Å²) in [5, 5.41) is 7.35. The van der Waals surface area contributed by atoms with Gasteiger partial charge in [0.1, 0.15) is 5.75 Å². The fraction of sp³-hybridized carbons (Fsp3) is 0.0417. The van der Waals surface area contributed by atoms with Crippen molar-refractivity contribution in [3.8, 4) is 28.3 Å². The first-order valence-electron chi connectivity index (χ1n) is 8.95. The van der Waals surface area contributed by atoms with Crippen molar-refractivity contribution in [2.24, 2.45) is 0 Å². The molecule has 0 bridgehead atoms. The smallest absolute Gasteiger partial charge is 0.118 e. The van der Waals surface area contributed by atoms with Gasteiger partial charge < -0.3 is 4.74 Å². The zero-order chi connectivity index (χ0) is 18.2. The molecule has 5 aromatic rings. The molecule has 0 aliphatic heterocycles. The van der Waals surface area contributed by atoms with Crippen LogP contribution < -0.4 is 4.74 Å². The van der Waals surface area contributed by atoms with E-state index < -0.39 is 0 Å². The number of rotatable bonds is 3. The van der Waals surface area contributed by atoms with Crippen molar-refractivity contribution in [2.45, 2.75) is 0 Å². The van der Waals surface area contributed by atoms with Crippen LogP contribution in [0.2, 0.25) is 0 Å². The summed E-state index contributed by atoms with van der Waals surface area (Å²) < 4.78 is 7.33. The molecule has 27 heavy (non-hydrogen) atoms. The molecule has 5 rings (SSSR count). The second kappa shape index (κ2) is 6.29. The van der Waals surface area contributed by atoms with E-state index in [-0.39, 0.29) is 0 Å². The molecular weight excluding hydrogens is 332 g/mol. The van der Waals surface area contributed by atoms with Crippen molar-refractivity contribution in [1.29, 1.82) is 0 Å². The van der Waals surface area contributed by atoms with Crippen molar-refractivity contribution in [3.63, 3.8) is 0 Å². The Morgan fingerprint density at radius 1 is 0.741 bits per heavy atom. The van der Waals surface area contributed by atoms with E-state index in [1.165, 1.54) is 10.8 Å². The monoisotopic (exact) mass is 350 g/mol. The summed E-state index contributed by atoms with van der Waals surface area (Å²) in [7, 11) is 1.68. The molecule has 0 aliphatic rings. The molecule has 0 N–H and O–H groups in total. The molecule has 0 atom stereocenters.